The van der Waals surface area contributed by atoms with Crippen LogP contribution in [-0.4, -0.2) is 31.4 Å². The van der Waals surface area contributed by atoms with Crippen LogP contribution in [0.1, 0.15) is 11.4 Å². The number of carbonyl (C=O) groups is 1. The molecule has 3 aromatic rings. The smallest absolute Gasteiger partial charge is 0.236 e. The molecule has 2 heterocycles. The number of benzene rings is 1. The number of hydrogen-bond donors (Lipinski definition) is 2. The molecule has 8 heteroatoms. The van der Waals surface area contributed by atoms with E-state index in [4.69, 9.17) is 0 Å². The van der Waals surface area contributed by atoms with Crippen molar-refractivity contribution in [1.29, 1.82) is 0 Å². The van der Waals surface area contributed by atoms with Gasteiger partial charge in [0.1, 0.15) is 5.82 Å². The number of rotatable bonds is 9. The zero-order valence-electron chi connectivity index (χ0n) is 15.6. The van der Waals surface area contributed by atoms with Crippen molar-refractivity contribution >= 4 is 29.2 Å². The highest BCUT2D eigenvalue weighted by Crippen LogP contribution is 2.19. The summed E-state index contributed by atoms with van der Waals surface area (Å²) in [4.78, 5) is 16.2. The van der Waals surface area contributed by atoms with Gasteiger partial charge in [0.25, 0.3) is 0 Å². The van der Waals surface area contributed by atoms with E-state index >= 15 is 0 Å². The normalized spacial score (nSPS) is 10.5. The van der Waals surface area contributed by atoms with Crippen LogP contribution >= 0.6 is 11.8 Å². The average Bonchev–Trinajstić information content (AvgIpc) is 3.09. The van der Waals surface area contributed by atoms with Crippen LogP contribution in [0.25, 0.3) is 0 Å². The van der Waals surface area contributed by atoms with E-state index in [0.717, 1.165) is 11.5 Å². The van der Waals surface area contributed by atoms with Gasteiger partial charge in [0.05, 0.1) is 12.3 Å². The number of nitrogens with one attached hydrogen (secondary N) is 2. The molecule has 0 aliphatic heterocycles. The van der Waals surface area contributed by atoms with Crippen LogP contribution in [0.5, 0.6) is 0 Å². The van der Waals surface area contributed by atoms with Gasteiger partial charge in [-0.15, -0.1) is 16.8 Å². The second-order valence-corrected chi connectivity index (χ2v) is 7.01. The number of allylic oxidation sites excluding steroid dienone is 1. The van der Waals surface area contributed by atoms with Crippen molar-refractivity contribution < 1.29 is 4.79 Å². The number of amides is 1. The third-order valence-corrected chi connectivity index (χ3v) is 4.84. The molecule has 28 heavy (non-hydrogen) atoms. The quantitative estimate of drug-likeness (QED) is 0.427. The molecule has 7 nitrogen and oxygen atoms in total. The number of pyridine rings is 1. The highest BCUT2D eigenvalue weighted by molar-refractivity contribution is 7.99. The minimum atomic E-state index is -0.142. The Bertz CT molecular complexity index is 924. The summed E-state index contributed by atoms with van der Waals surface area (Å²) in [6.45, 7) is 6.96. The van der Waals surface area contributed by atoms with Crippen molar-refractivity contribution in [2.75, 3.05) is 16.4 Å². The second-order valence-electron chi connectivity index (χ2n) is 6.07. The standard InChI is InChI=1S/C20H22N6OS/c1-3-12-26-18(13-22-16-9-7-15(2)8-10-16)24-25-20(26)28-14-19(27)23-17-6-4-5-11-21-17/h3-11,22H,1,12-14H2,2H3,(H,21,23,27). The summed E-state index contributed by atoms with van der Waals surface area (Å²) in [5, 5.41) is 15.3. The Morgan fingerprint density at radius 3 is 2.75 bits per heavy atom. The number of carbonyl (C=O) groups excluding carboxylic acids is 1. The van der Waals surface area contributed by atoms with E-state index < -0.39 is 0 Å². The Morgan fingerprint density at radius 1 is 1.21 bits per heavy atom. The van der Waals surface area contributed by atoms with Crippen LogP contribution in [0.15, 0.2) is 66.5 Å². The molecule has 2 aromatic heterocycles. The zero-order valence-corrected chi connectivity index (χ0v) is 16.4. The lowest BCUT2D eigenvalue weighted by Crippen LogP contribution is -2.15. The first-order valence-corrected chi connectivity index (χ1v) is 9.81. The monoisotopic (exact) mass is 394 g/mol. The lowest BCUT2D eigenvalue weighted by atomic mass is 10.2. The molecule has 2 N–H and O–H groups in total. The first kappa shape index (κ1) is 19.6. The van der Waals surface area contributed by atoms with E-state index in [1.807, 2.05) is 22.8 Å². The Balaban J connectivity index is 1.60. The highest BCUT2D eigenvalue weighted by atomic mass is 32.2. The van der Waals surface area contributed by atoms with Crippen LogP contribution in [0, 0.1) is 6.92 Å². The molecule has 0 saturated heterocycles. The van der Waals surface area contributed by atoms with Gasteiger partial charge >= 0.3 is 0 Å². The van der Waals surface area contributed by atoms with Gasteiger partial charge in [-0.25, -0.2) is 4.98 Å². The lowest BCUT2D eigenvalue weighted by molar-refractivity contribution is -0.113. The Morgan fingerprint density at radius 2 is 2.04 bits per heavy atom. The number of aromatic nitrogens is 4. The van der Waals surface area contributed by atoms with E-state index in [9.17, 15) is 4.79 Å². The molecule has 0 radical (unpaired) electrons. The molecule has 0 saturated carbocycles. The van der Waals surface area contributed by atoms with E-state index in [1.54, 1.807) is 24.4 Å². The number of anilines is 2. The third kappa shape index (κ3) is 5.43. The van der Waals surface area contributed by atoms with Crippen molar-refractivity contribution in [3.63, 3.8) is 0 Å². The average molecular weight is 395 g/mol. The van der Waals surface area contributed by atoms with E-state index in [-0.39, 0.29) is 11.7 Å². The molecule has 0 bridgehead atoms. The molecule has 144 valence electrons. The molecular weight excluding hydrogens is 372 g/mol. The highest BCUT2D eigenvalue weighted by Gasteiger charge is 2.13. The van der Waals surface area contributed by atoms with Crippen LogP contribution < -0.4 is 10.6 Å². The van der Waals surface area contributed by atoms with Crippen molar-refractivity contribution in [2.24, 2.45) is 0 Å². The third-order valence-electron chi connectivity index (χ3n) is 3.87. The maximum absolute atomic E-state index is 12.1. The van der Waals surface area contributed by atoms with Gasteiger partial charge in [0, 0.05) is 18.4 Å². The van der Waals surface area contributed by atoms with Gasteiger partial charge in [-0.1, -0.05) is 41.6 Å². The Labute approximate surface area is 168 Å². The first-order chi connectivity index (χ1) is 13.7. The van der Waals surface area contributed by atoms with Crippen molar-refractivity contribution in [2.45, 2.75) is 25.2 Å². The van der Waals surface area contributed by atoms with Crippen molar-refractivity contribution in [1.82, 2.24) is 19.7 Å². The molecule has 1 aromatic carbocycles. The van der Waals surface area contributed by atoms with Gasteiger partial charge < -0.3 is 15.2 Å². The summed E-state index contributed by atoms with van der Waals surface area (Å²) >= 11 is 1.33. The van der Waals surface area contributed by atoms with Gasteiger partial charge in [-0.05, 0) is 31.2 Å². The van der Waals surface area contributed by atoms with Gasteiger partial charge in [-0.2, -0.15) is 0 Å². The second kappa shape index (κ2) is 9.70. The topological polar surface area (TPSA) is 84.7 Å². The van der Waals surface area contributed by atoms with Crippen LogP contribution in [-0.2, 0) is 17.9 Å². The molecule has 0 aliphatic carbocycles. The van der Waals surface area contributed by atoms with Gasteiger partial charge in [-0.3, -0.25) is 4.79 Å². The largest absolute Gasteiger partial charge is 0.378 e. The van der Waals surface area contributed by atoms with Crippen LogP contribution in [0.3, 0.4) is 0 Å². The van der Waals surface area contributed by atoms with Crippen LogP contribution in [0.4, 0.5) is 11.5 Å². The van der Waals surface area contributed by atoms with Crippen molar-refractivity contribution in [3.05, 3.63) is 72.7 Å². The molecule has 0 unspecified atom stereocenters. The summed E-state index contributed by atoms with van der Waals surface area (Å²) in [5.41, 5.74) is 2.23. The summed E-state index contributed by atoms with van der Waals surface area (Å²) in [6.07, 6.45) is 3.42. The SMILES string of the molecule is C=CCn1c(CNc2ccc(C)cc2)nnc1SCC(=O)Nc1ccccn1. The number of thioether (sulfide) groups is 1. The molecule has 0 fully saturated rings. The molecule has 3 rings (SSSR count). The van der Waals surface area contributed by atoms with Gasteiger partial charge in [0.15, 0.2) is 11.0 Å². The Kier molecular flexibility index (Phi) is 6.80. The van der Waals surface area contributed by atoms with Crippen LogP contribution in [0.2, 0.25) is 0 Å². The summed E-state index contributed by atoms with van der Waals surface area (Å²) in [7, 11) is 0. The fourth-order valence-electron chi connectivity index (χ4n) is 2.47. The molecule has 0 atom stereocenters. The summed E-state index contributed by atoms with van der Waals surface area (Å²) in [5.74, 6) is 1.39. The molecule has 0 aliphatic rings. The lowest BCUT2D eigenvalue weighted by Gasteiger charge is -2.09. The fourth-order valence-corrected chi connectivity index (χ4v) is 3.23. The first-order valence-electron chi connectivity index (χ1n) is 8.83. The fraction of sp³-hybridized carbons (Fsp3) is 0.200. The number of aryl methyl sites for hydroxylation is 1. The van der Waals surface area contributed by atoms with E-state index in [2.05, 4.69) is 51.5 Å². The predicted octanol–water partition coefficient (Wildman–Crippen LogP) is 3.51. The van der Waals surface area contributed by atoms with Crippen molar-refractivity contribution in [3.8, 4) is 0 Å². The zero-order chi connectivity index (χ0) is 19.8. The summed E-state index contributed by atoms with van der Waals surface area (Å²) in [6, 6.07) is 13.5. The predicted molar refractivity (Wildman–Crippen MR) is 112 cm³/mol. The maximum atomic E-state index is 12.1. The van der Waals surface area contributed by atoms with Gasteiger partial charge in [0.2, 0.25) is 5.91 Å². The Hall–Kier alpha value is -3.13. The van der Waals surface area contributed by atoms with E-state index in [1.165, 1.54) is 17.3 Å². The molecule has 0 spiro atoms. The minimum absolute atomic E-state index is 0.142. The molecule has 1 amide bonds. The maximum Gasteiger partial charge on any atom is 0.236 e. The number of hydrogen-bond acceptors (Lipinski definition) is 6. The van der Waals surface area contributed by atoms with E-state index in [0.29, 0.717) is 24.1 Å². The number of nitrogens with zero attached hydrogens (tertiary/aromatic N) is 4. The minimum Gasteiger partial charge on any atom is -0.378 e. The molecular formula is C20H22N6OS. The summed E-state index contributed by atoms with van der Waals surface area (Å²) < 4.78 is 1.95.